The Kier molecular flexibility index (Phi) is 4.86. The summed E-state index contributed by atoms with van der Waals surface area (Å²) < 4.78 is 1.04. The second-order valence-electron chi connectivity index (χ2n) is 6.12. The lowest BCUT2D eigenvalue weighted by Crippen LogP contribution is -2.53. The van der Waals surface area contributed by atoms with Gasteiger partial charge in [-0.1, -0.05) is 36.7 Å². The molecule has 20 heavy (non-hydrogen) atoms. The average Bonchev–Trinajstić information content (AvgIpc) is 2.40. The third-order valence-corrected chi connectivity index (χ3v) is 4.59. The highest BCUT2D eigenvalue weighted by molar-refractivity contribution is 9.10. The van der Waals surface area contributed by atoms with E-state index in [1.165, 1.54) is 0 Å². The summed E-state index contributed by atoms with van der Waals surface area (Å²) in [5.41, 5.74) is 2.08. The van der Waals surface area contributed by atoms with Crippen molar-refractivity contribution in [1.82, 2.24) is 5.32 Å². The van der Waals surface area contributed by atoms with Crippen LogP contribution in [0.3, 0.4) is 0 Å². The van der Waals surface area contributed by atoms with Crippen molar-refractivity contribution in [3.8, 4) is 0 Å². The van der Waals surface area contributed by atoms with Crippen LogP contribution in [0.4, 0.5) is 5.69 Å². The van der Waals surface area contributed by atoms with Crippen LogP contribution in [0.15, 0.2) is 22.7 Å². The summed E-state index contributed by atoms with van der Waals surface area (Å²) in [6, 6.07) is 5.88. The van der Waals surface area contributed by atoms with Crippen molar-refractivity contribution in [1.29, 1.82) is 0 Å². The molecule has 110 valence electrons. The summed E-state index contributed by atoms with van der Waals surface area (Å²) in [5, 5.41) is 6.45. The Balaban J connectivity index is 2.15. The number of aryl methyl sites for hydroxylation is 1. The van der Waals surface area contributed by atoms with E-state index >= 15 is 0 Å². The number of benzene rings is 1. The molecule has 0 saturated carbocycles. The van der Waals surface area contributed by atoms with Crippen molar-refractivity contribution in [2.75, 3.05) is 11.9 Å². The molecule has 1 aromatic rings. The highest BCUT2D eigenvalue weighted by atomic mass is 79.9. The third-order valence-electron chi connectivity index (χ3n) is 4.10. The molecule has 0 radical (unpaired) electrons. The number of rotatable bonds is 3. The van der Waals surface area contributed by atoms with Gasteiger partial charge in [0.2, 0.25) is 5.91 Å². The molecule has 4 heteroatoms. The first-order valence-electron chi connectivity index (χ1n) is 7.26. The molecule has 0 aromatic heterocycles. The largest absolute Gasteiger partial charge is 0.324 e. The minimum Gasteiger partial charge on any atom is -0.324 e. The second-order valence-corrected chi connectivity index (χ2v) is 7.04. The van der Waals surface area contributed by atoms with Crippen LogP contribution in [0.1, 0.15) is 39.2 Å². The van der Waals surface area contributed by atoms with Gasteiger partial charge in [-0.3, -0.25) is 4.79 Å². The molecule has 1 aliphatic rings. The van der Waals surface area contributed by atoms with E-state index < -0.39 is 0 Å². The zero-order chi connectivity index (χ0) is 14.8. The molecular weight excluding hydrogens is 316 g/mol. The first-order chi connectivity index (χ1) is 9.44. The smallest absolute Gasteiger partial charge is 0.242 e. The van der Waals surface area contributed by atoms with Crippen LogP contribution in [0.5, 0.6) is 0 Å². The summed E-state index contributed by atoms with van der Waals surface area (Å²) in [6.07, 6.45) is 3.12. The Morgan fingerprint density at radius 1 is 1.50 bits per heavy atom. The summed E-state index contributed by atoms with van der Waals surface area (Å²) in [4.78, 5) is 12.6. The summed E-state index contributed by atoms with van der Waals surface area (Å²) in [7, 11) is 0. The number of halogens is 1. The maximum atomic E-state index is 12.6. The van der Waals surface area contributed by atoms with Crippen LogP contribution in [0.25, 0.3) is 0 Å². The molecule has 1 heterocycles. The molecule has 1 aliphatic heterocycles. The lowest BCUT2D eigenvalue weighted by Gasteiger charge is -2.38. The standard InChI is InChI=1S/C16H23BrN2O/c1-4-11-10-12(17)6-7-13(11)19-15(20)14-16(2,3)8-5-9-18-14/h6-7,10,14,18H,4-5,8-9H2,1-3H3,(H,19,20). The highest BCUT2D eigenvalue weighted by Gasteiger charge is 2.37. The number of carbonyl (C=O) groups is 1. The minimum absolute atomic E-state index is 0.00404. The Morgan fingerprint density at radius 3 is 2.90 bits per heavy atom. The molecule has 1 aromatic carbocycles. The van der Waals surface area contributed by atoms with Gasteiger partial charge in [-0.15, -0.1) is 0 Å². The molecule has 0 spiro atoms. The number of hydrogen-bond donors (Lipinski definition) is 2. The first kappa shape index (κ1) is 15.5. The quantitative estimate of drug-likeness (QED) is 0.881. The predicted molar refractivity (Wildman–Crippen MR) is 87.0 cm³/mol. The molecule has 1 fully saturated rings. The van der Waals surface area contributed by atoms with Crippen LogP contribution < -0.4 is 10.6 Å². The monoisotopic (exact) mass is 338 g/mol. The fourth-order valence-electron chi connectivity index (χ4n) is 2.84. The number of nitrogens with one attached hydrogen (secondary N) is 2. The van der Waals surface area contributed by atoms with Gasteiger partial charge in [0.15, 0.2) is 0 Å². The molecule has 3 nitrogen and oxygen atoms in total. The van der Waals surface area contributed by atoms with Crippen molar-refractivity contribution < 1.29 is 4.79 Å². The summed E-state index contributed by atoms with van der Waals surface area (Å²) in [6.45, 7) is 7.33. The molecule has 2 rings (SSSR count). The molecule has 1 saturated heterocycles. The molecule has 0 bridgehead atoms. The Morgan fingerprint density at radius 2 is 2.25 bits per heavy atom. The van der Waals surface area contributed by atoms with E-state index in [-0.39, 0.29) is 17.4 Å². The van der Waals surface area contributed by atoms with E-state index in [9.17, 15) is 4.79 Å². The lowest BCUT2D eigenvalue weighted by atomic mass is 9.77. The van der Waals surface area contributed by atoms with E-state index in [0.29, 0.717) is 0 Å². The summed E-state index contributed by atoms with van der Waals surface area (Å²) >= 11 is 3.47. The van der Waals surface area contributed by atoms with Gasteiger partial charge in [-0.25, -0.2) is 0 Å². The number of piperidine rings is 1. The van der Waals surface area contributed by atoms with E-state index in [1.807, 2.05) is 12.1 Å². The lowest BCUT2D eigenvalue weighted by molar-refractivity contribution is -0.121. The summed E-state index contributed by atoms with van der Waals surface area (Å²) in [5.74, 6) is 0.0757. The SMILES string of the molecule is CCc1cc(Br)ccc1NC(=O)C1NCCCC1(C)C. The minimum atomic E-state index is -0.121. The molecule has 1 unspecified atom stereocenters. The maximum Gasteiger partial charge on any atom is 0.242 e. The predicted octanol–water partition coefficient (Wildman–Crippen LogP) is 3.73. The van der Waals surface area contributed by atoms with Gasteiger partial charge in [-0.05, 0) is 55.0 Å². The number of anilines is 1. The van der Waals surface area contributed by atoms with E-state index in [4.69, 9.17) is 0 Å². The van der Waals surface area contributed by atoms with Crippen LogP contribution in [-0.2, 0) is 11.2 Å². The zero-order valence-electron chi connectivity index (χ0n) is 12.4. The van der Waals surface area contributed by atoms with Crippen molar-refractivity contribution >= 4 is 27.5 Å². The molecule has 0 aliphatic carbocycles. The molecular formula is C16H23BrN2O. The number of carbonyl (C=O) groups excluding carboxylic acids is 1. The van der Waals surface area contributed by atoms with Gasteiger partial charge < -0.3 is 10.6 Å². The van der Waals surface area contributed by atoms with Gasteiger partial charge in [-0.2, -0.15) is 0 Å². The fourth-order valence-corrected chi connectivity index (χ4v) is 3.25. The van der Waals surface area contributed by atoms with Crippen molar-refractivity contribution in [3.05, 3.63) is 28.2 Å². The fraction of sp³-hybridized carbons (Fsp3) is 0.562. The van der Waals surface area contributed by atoms with Crippen molar-refractivity contribution in [2.45, 2.75) is 46.1 Å². The van der Waals surface area contributed by atoms with E-state index in [0.717, 1.165) is 41.5 Å². The average molecular weight is 339 g/mol. The first-order valence-corrected chi connectivity index (χ1v) is 8.06. The van der Waals surface area contributed by atoms with Gasteiger partial charge in [0.25, 0.3) is 0 Å². The van der Waals surface area contributed by atoms with E-state index in [1.54, 1.807) is 0 Å². The Bertz CT molecular complexity index is 499. The highest BCUT2D eigenvalue weighted by Crippen LogP contribution is 2.31. The van der Waals surface area contributed by atoms with Gasteiger partial charge in [0.1, 0.15) is 0 Å². The van der Waals surface area contributed by atoms with Gasteiger partial charge in [0, 0.05) is 10.2 Å². The van der Waals surface area contributed by atoms with E-state index in [2.05, 4.69) is 53.4 Å². The van der Waals surface area contributed by atoms with Crippen LogP contribution in [-0.4, -0.2) is 18.5 Å². The van der Waals surface area contributed by atoms with Crippen LogP contribution >= 0.6 is 15.9 Å². The van der Waals surface area contributed by atoms with Gasteiger partial charge in [0.05, 0.1) is 6.04 Å². The maximum absolute atomic E-state index is 12.6. The normalized spacial score (nSPS) is 21.5. The molecule has 1 atom stereocenters. The second kappa shape index (κ2) is 6.27. The van der Waals surface area contributed by atoms with Crippen molar-refractivity contribution in [3.63, 3.8) is 0 Å². The molecule has 2 N–H and O–H groups in total. The van der Waals surface area contributed by atoms with Crippen molar-refractivity contribution in [2.24, 2.45) is 5.41 Å². The Hall–Kier alpha value is -0.870. The third kappa shape index (κ3) is 3.41. The topological polar surface area (TPSA) is 41.1 Å². The van der Waals surface area contributed by atoms with Crippen LogP contribution in [0.2, 0.25) is 0 Å². The number of amides is 1. The molecule has 1 amide bonds. The number of hydrogen-bond acceptors (Lipinski definition) is 2. The zero-order valence-corrected chi connectivity index (χ0v) is 14.0. The van der Waals surface area contributed by atoms with Crippen LogP contribution in [0, 0.1) is 5.41 Å². The van der Waals surface area contributed by atoms with Gasteiger partial charge >= 0.3 is 0 Å². The Labute approximate surface area is 129 Å².